The second kappa shape index (κ2) is 5.13. The SMILES string of the molecule is Cc1ccc(N2CCC(=O)NC(C)(C3CC3)C2=O)cc1Br. The molecule has 1 saturated carbocycles. The molecule has 1 aromatic rings. The molecule has 0 radical (unpaired) electrons. The predicted octanol–water partition coefficient (Wildman–Crippen LogP) is 2.78. The first-order chi connectivity index (χ1) is 9.91. The molecule has 2 amide bonds. The van der Waals surface area contributed by atoms with E-state index >= 15 is 0 Å². The Morgan fingerprint density at radius 3 is 2.67 bits per heavy atom. The monoisotopic (exact) mass is 350 g/mol. The molecular weight excluding hydrogens is 332 g/mol. The first-order valence-corrected chi connectivity index (χ1v) is 8.10. The maximum absolute atomic E-state index is 13.0. The van der Waals surface area contributed by atoms with Crippen LogP contribution >= 0.6 is 15.9 Å². The van der Waals surface area contributed by atoms with Crippen molar-refractivity contribution in [2.24, 2.45) is 5.92 Å². The zero-order valence-electron chi connectivity index (χ0n) is 12.3. The Bertz CT molecular complexity index is 612. The molecule has 1 aliphatic carbocycles. The number of anilines is 1. The van der Waals surface area contributed by atoms with Gasteiger partial charge in [0, 0.05) is 23.1 Å². The van der Waals surface area contributed by atoms with Crippen molar-refractivity contribution in [2.75, 3.05) is 11.4 Å². The second-order valence-electron chi connectivity index (χ2n) is 6.17. The van der Waals surface area contributed by atoms with Gasteiger partial charge in [-0.05, 0) is 50.3 Å². The number of carbonyl (C=O) groups excluding carboxylic acids is 2. The van der Waals surface area contributed by atoms with Crippen molar-refractivity contribution < 1.29 is 9.59 Å². The summed E-state index contributed by atoms with van der Waals surface area (Å²) in [4.78, 5) is 26.7. The van der Waals surface area contributed by atoms with Crippen LogP contribution in [0, 0.1) is 12.8 Å². The van der Waals surface area contributed by atoms with Gasteiger partial charge in [0.2, 0.25) is 5.91 Å². The van der Waals surface area contributed by atoms with E-state index in [2.05, 4.69) is 21.2 Å². The highest BCUT2D eigenvalue weighted by Crippen LogP contribution is 2.42. The van der Waals surface area contributed by atoms with Crippen LogP contribution in [0.4, 0.5) is 5.69 Å². The number of nitrogens with one attached hydrogen (secondary N) is 1. The third kappa shape index (κ3) is 2.59. The Labute approximate surface area is 133 Å². The molecule has 1 unspecified atom stereocenters. The largest absolute Gasteiger partial charge is 0.342 e. The number of carbonyl (C=O) groups is 2. The fourth-order valence-electron chi connectivity index (χ4n) is 2.93. The van der Waals surface area contributed by atoms with Crippen LogP contribution in [0.5, 0.6) is 0 Å². The highest BCUT2D eigenvalue weighted by atomic mass is 79.9. The fourth-order valence-corrected chi connectivity index (χ4v) is 3.30. The molecule has 1 aliphatic heterocycles. The van der Waals surface area contributed by atoms with Crippen molar-refractivity contribution >= 4 is 33.4 Å². The number of rotatable bonds is 2. The summed E-state index contributed by atoms with van der Waals surface area (Å²) in [7, 11) is 0. The summed E-state index contributed by atoms with van der Waals surface area (Å²) in [6.45, 7) is 4.31. The lowest BCUT2D eigenvalue weighted by Gasteiger charge is -2.32. The van der Waals surface area contributed by atoms with Crippen LogP contribution in [0.3, 0.4) is 0 Å². The van der Waals surface area contributed by atoms with Crippen LogP contribution in [-0.4, -0.2) is 23.9 Å². The van der Waals surface area contributed by atoms with Gasteiger partial charge in [-0.25, -0.2) is 0 Å². The van der Waals surface area contributed by atoms with Gasteiger partial charge in [-0.3, -0.25) is 9.59 Å². The number of halogens is 1. The molecular formula is C16H19BrN2O2. The second-order valence-corrected chi connectivity index (χ2v) is 7.02. The van der Waals surface area contributed by atoms with Crippen molar-refractivity contribution in [1.82, 2.24) is 5.32 Å². The number of nitrogens with zero attached hydrogens (tertiary/aromatic N) is 1. The normalized spacial score (nSPS) is 26.5. The van der Waals surface area contributed by atoms with Gasteiger partial charge in [0.05, 0.1) is 0 Å². The van der Waals surface area contributed by atoms with Crippen LogP contribution in [0.15, 0.2) is 22.7 Å². The summed E-state index contributed by atoms with van der Waals surface area (Å²) in [5, 5.41) is 2.95. The van der Waals surface area contributed by atoms with Gasteiger partial charge in [-0.15, -0.1) is 0 Å². The minimum absolute atomic E-state index is 0.00611. The van der Waals surface area contributed by atoms with Crippen LogP contribution in [0.1, 0.15) is 31.7 Å². The fraction of sp³-hybridized carbons (Fsp3) is 0.500. The number of hydrogen-bond acceptors (Lipinski definition) is 2. The molecule has 1 N–H and O–H groups in total. The van der Waals surface area contributed by atoms with E-state index in [9.17, 15) is 9.59 Å². The van der Waals surface area contributed by atoms with Crippen molar-refractivity contribution in [1.29, 1.82) is 0 Å². The summed E-state index contributed by atoms with van der Waals surface area (Å²) in [6.07, 6.45) is 2.36. The Morgan fingerprint density at radius 1 is 1.33 bits per heavy atom. The van der Waals surface area contributed by atoms with E-state index in [-0.39, 0.29) is 17.7 Å². The molecule has 5 heteroatoms. The summed E-state index contributed by atoms with van der Waals surface area (Å²) in [5.41, 5.74) is 1.21. The molecule has 2 fully saturated rings. The minimum Gasteiger partial charge on any atom is -0.342 e. The molecule has 3 rings (SSSR count). The molecule has 112 valence electrons. The Balaban J connectivity index is 1.98. The Hall–Kier alpha value is -1.36. The van der Waals surface area contributed by atoms with E-state index in [1.807, 2.05) is 32.0 Å². The molecule has 4 nitrogen and oxygen atoms in total. The maximum atomic E-state index is 13.0. The number of hydrogen-bond donors (Lipinski definition) is 1. The van der Waals surface area contributed by atoms with Crippen LogP contribution in [0.25, 0.3) is 0 Å². The number of benzene rings is 1. The van der Waals surface area contributed by atoms with Gasteiger partial charge in [0.1, 0.15) is 5.54 Å². The first kappa shape index (κ1) is 14.6. The van der Waals surface area contributed by atoms with Crippen molar-refractivity contribution in [3.05, 3.63) is 28.2 Å². The standard InChI is InChI=1S/C16H19BrN2O2/c1-10-3-6-12(9-13(10)17)19-8-7-14(20)18-16(2,15(19)21)11-4-5-11/h3,6,9,11H,4-5,7-8H2,1-2H3,(H,18,20). The van der Waals surface area contributed by atoms with Gasteiger partial charge in [-0.1, -0.05) is 22.0 Å². The van der Waals surface area contributed by atoms with E-state index in [0.29, 0.717) is 13.0 Å². The van der Waals surface area contributed by atoms with Crippen molar-refractivity contribution in [3.8, 4) is 0 Å². The van der Waals surface area contributed by atoms with Gasteiger partial charge in [0.25, 0.3) is 5.91 Å². The van der Waals surface area contributed by atoms with E-state index < -0.39 is 5.54 Å². The van der Waals surface area contributed by atoms with Crippen LogP contribution < -0.4 is 10.2 Å². The lowest BCUT2D eigenvalue weighted by Crippen LogP contribution is -2.56. The maximum Gasteiger partial charge on any atom is 0.252 e. The van der Waals surface area contributed by atoms with E-state index in [1.165, 1.54) is 0 Å². The third-order valence-corrected chi connectivity index (χ3v) is 5.37. The van der Waals surface area contributed by atoms with Crippen molar-refractivity contribution in [3.63, 3.8) is 0 Å². The van der Waals surface area contributed by atoms with E-state index in [4.69, 9.17) is 0 Å². The Morgan fingerprint density at radius 2 is 2.05 bits per heavy atom. The number of amides is 2. The lowest BCUT2D eigenvalue weighted by atomic mass is 9.94. The van der Waals surface area contributed by atoms with Crippen LogP contribution in [-0.2, 0) is 9.59 Å². The first-order valence-electron chi connectivity index (χ1n) is 7.31. The van der Waals surface area contributed by atoms with E-state index in [0.717, 1.165) is 28.6 Å². The summed E-state index contributed by atoms with van der Waals surface area (Å²) >= 11 is 3.51. The smallest absolute Gasteiger partial charge is 0.252 e. The molecule has 21 heavy (non-hydrogen) atoms. The third-order valence-electron chi connectivity index (χ3n) is 4.51. The van der Waals surface area contributed by atoms with Crippen molar-refractivity contribution in [2.45, 2.75) is 38.6 Å². The highest BCUT2D eigenvalue weighted by Gasteiger charge is 2.51. The summed E-state index contributed by atoms with van der Waals surface area (Å²) in [5.74, 6) is 0.237. The molecule has 1 atom stereocenters. The molecule has 0 bridgehead atoms. The topological polar surface area (TPSA) is 49.4 Å². The average molecular weight is 351 g/mol. The summed E-state index contributed by atoms with van der Waals surface area (Å²) in [6, 6.07) is 5.89. The lowest BCUT2D eigenvalue weighted by molar-refractivity contribution is -0.130. The van der Waals surface area contributed by atoms with Gasteiger partial charge >= 0.3 is 0 Å². The van der Waals surface area contributed by atoms with Crippen LogP contribution in [0.2, 0.25) is 0 Å². The van der Waals surface area contributed by atoms with Gasteiger partial charge in [-0.2, -0.15) is 0 Å². The minimum atomic E-state index is -0.759. The van der Waals surface area contributed by atoms with Gasteiger partial charge < -0.3 is 10.2 Å². The van der Waals surface area contributed by atoms with E-state index in [1.54, 1.807) is 4.90 Å². The molecule has 2 aliphatic rings. The Kier molecular flexibility index (Phi) is 3.56. The molecule has 0 spiro atoms. The molecule has 1 aromatic carbocycles. The quantitative estimate of drug-likeness (QED) is 0.891. The molecule has 1 saturated heterocycles. The summed E-state index contributed by atoms with van der Waals surface area (Å²) < 4.78 is 0.976. The van der Waals surface area contributed by atoms with Gasteiger partial charge in [0.15, 0.2) is 0 Å². The zero-order valence-corrected chi connectivity index (χ0v) is 13.9. The number of aryl methyl sites for hydroxylation is 1. The molecule has 1 heterocycles. The highest BCUT2D eigenvalue weighted by molar-refractivity contribution is 9.10. The average Bonchev–Trinajstić information content (AvgIpc) is 3.26. The zero-order chi connectivity index (χ0) is 15.2. The molecule has 0 aromatic heterocycles. The predicted molar refractivity (Wildman–Crippen MR) is 85.1 cm³/mol.